The number of alkyl halides is 2. The lowest BCUT2D eigenvalue weighted by molar-refractivity contribution is -0.00220. The molecule has 0 nitrogen and oxygen atoms in total. The van der Waals surface area contributed by atoms with Crippen LogP contribution in [-0.2, 0) is 0 Å². The summed E-state index contributed by atoms with van der Waals surface area (Å²) in [6.45, 7) is 10.0. The van der Waals surface area contributed by atoms with Crippen LogP contribution >= 0.6 is 12.6 Å². The van der Waals surface area contributed by atoms with Crippen molar-refractivity contribution in [1.82, 2.24) is 0 Å². The van der Waals surface area contributed by atoms with E-state index in [1.54, 1.807) is 0 Å². The van der Waals surface area contributed by atoms with Gasteiger partial charge in [0.05, 0.1) is 0 Å². The minimum Gasteiger partial charge on any atom is -0.207 e. The smallest absolute Gasteiger partial charge is 0.207 e. The van der Waals surface area contributed by atoms with Crippen molar-refractivity contribution < 1.29 is 8.78 Å². The Morgan fingerprint density at radius 1 is 1.00 bits per heavy atom. The second kappa shape index (κ2) is 3.61. The molecule has 0 N–H and O–H groups in total. The van der Waals surface area contributed by atoms with Gasteiger partial charge >= 0.3 is 0 Å². The van der Waals surface area contributed by atoms with Gasteiger partial charge in [0.2, 0.25) is 5.92 Å². The Hall–Kier alpha value is 0.210. The molecule has 3 heteroatoms. The van der Waals surface area contributed by atoms with Crippen molar-refractivity contribution in [2.45, 2.75) is 58.1 Å². The van der Waals surface area contributed by atoms with Crippen molar-refractivity contribution in [2.75, 3.05) is 0 Å². The van der Waals surface area contributed by atoms with Crippen LogP contribution in [0.25, 0.3) is 0 Å². The molecule has 0 aromatic carbocycles. The van der Waals surface area contributed by atoms with Crippen LogP contribution in [0.3, 0.4) is 0 Å². The molecule has 1 fully saturated rings. The molecule has 0 aromatic rings. The molecule has 90 valence electrons. The number of hydrogen-bond donors (Lipinski definition) is 1. The lowest BCUT2D eigenvalue weighted by atomic mass is 9.71. The van der Waals surface area contributed by atoms with Crippen LogP contribution < -0.4 is 0 Å². The Morgan fingerprint density at radius 2 is 1.40 bits per heavy atom. The third-order valence-corrected chi connectivity index (χ3v) is 3.87. The summed E-state index contributed by atoms with van der Waals surface area (Å²) >= 11 is 4.49. The summed E-state index contributed by atoms with van der Waals surface area (Å²) in [5.74, 6) is -2.45. The van der Waals surface area contributed by atoms with Gasteiger partial charge in [0.1, 0.15) is 0 Å². The van der Waals surface area contributed by atoms with Crippen molar-refractivity contribution >= 4 is 12.6 Å². The minimum absolute atomic E-state index is 0.00386. The van der Waals surface area contributed by atoms with E-state index < -0.39 is 5.92 Å². The van der Waals surface area contributed by atoms with E-state index in [2.05, 4.69) is 12.6 Å². The predicted molar refractivity (Wildman–Crippen MR) is 63.7 cm³/mol. The van der Waals surface area contributed by atoms with Crippen LogP contribution in [0, 0.1) is 17.3 Å². The minimum atomic E-state index is -2.50. The first-order valence-corrected chi connectivity index (χ1v) is 5.98. The van der Waals surface area contributed by atoms with E-state index in [4.69, 9.17) is 0 Å². The summed E-state index contributed by atoms with van der Waals surface area (Å²) in [5.41, 5.74) is -0.0649. The molecule has 0 aromatic heterocycles. The quantitative estimate of drug-likeness (QED) is 0.641. The second-order valence-electron chi connectivity index (χ2n) is 6.50. The van der Waals surface area contributed by atoms with Crippen molar-refractivity contribution in [3.63, 3.8) is 0 Å². The van der Waals surface area contributed by atoms with Crippen molar-refractivity contribution in [3.05, 3.63) is 0 Å². The van der Waals surface area contributed by atoms with E-state index in [0.717, 1.165) is 0 Å². The van der Waals surface area contributed by atoms with Crippen molar-refractivity contribution in [2.24, 2.45) is 17.3 Å². The molecule has 1 aliphatic rings. The average Bonchev–Trinajstić information content (AvgIpc) is 2.23. The van der Waals surface area contributed by atoms with E-state index in [0.29, 0.717) is 0 Å². The van der Waals surface area contributed by atoms with Gasteiger partial charge in [-0.1, -0.05) is 34.6 Å². The number of halogens is 2. The molecule has 15 heavy (non-hydrogen) atoms. The summed E-state index contributed by atoms with van der Waals surface area (Å²) in [4.78, 5) is 0. The highest BCUT2D eigenvalue weighted by Gasteiger charge is 2.53. The predicted octanol–water partition coefficient (Wildman–Crippen LogP) is 4.40. The van der Waals surface area contributed by atoms with Gasteiger partial charge in [-0.15, -0.1) is 0 Å². The van der Waals surface area contributed by atoms with Crippen LogP contribution in [0.15, 0.2) is 0 Å². The van der Waals surface area contributed by atoms with Gasteiger partial charge in [0, 0.05) is 17.6 Å². The Morgan fingerprint density at radius 3 is 1.67 bits per heavy atom. The van der Waals surface area contributed by atoms with E-state index >= 15 is 0 Å². The summed E-state index contributed by atoms with van der Waals surface area (Å²) < 4.78 is 26.6. The molecule has 1 saturated carbocycles. The normalized spacial score (nSPS) is 32.0. The van der Waals surface area contributed by atoms with Crippen LogP contribution in [0.1, 0.15) is 47.5 Å². The molecule has 0 aliphatic heterocycles. The van der Waals surface area contributed by atoms with Gasteiger partial charge in [0.25, 0.3) is 0 Å². The van der Waals surface area contributed by atoms with E-state index in [-0.39, 0.29) is 34.8 Å². The molecule has 1 rings (SSSR count). The Labute approximate surface area is 97.2 Å². The van der Waals surface area contributed by atoms with Crippen LogP contribution in [0.4, 0.5) is 8.78 Å². The maximum atomic E-state index is 13.5. The van der Waals surface area contributed by atoms with Gasteiger partial charge in [-0.3, -0.25) is 0 Å². The third kappa shape index (κ3) is 3.08. The lowest BCUT2D eigenvalue weighted by Gasteiger charge is -2.38. The molecule has 0 heterocycles. The van der Waals surface area contributed by atoms with E-state index in [1.807, 2.05) is 34.6 Å². The van der Waals surface area contributed by atoms with Crippen molar-refractivity contribution in [1.29, 1.82) is 0 Å². The van der Waals surface area contributed by atoms with Gasteiger partial charge in [-0.25, -0.2) is 8.78 Å². The standard InChI is InChI=1S/C12H22F2S/c1-10(2,3)8-6-12(13,14)7-9(8)11(4,5)15/h8-9,15H,6-7H2,1-5H3. The Balaban J connectivity index is 2.95. The molecule has 0 radical (unpaired) electrons. The fourth-order valence-electron chi connectivity index (χ4n) is 2.66. The zero-order chi connectivity index (χ0) is 12.1. The zero-order valence-electron chi connectivity index (χ0n) is 10.3. The first-order chi connectivity index (χ1) is 6.43. The topological polar surface area (TPSA) is 0 Å². The highest BCUT2D eigenvalue weighted by molar-refractivity contribution is 7.81. The molecule has 0 saturated heterocycles. The number of hydrogen-bond acceptors (Lipinski definition) is 1. The molecular weight excluding hydrogens is 214 g/mol. The average molecular weight is 236 g/mol. The van der Waals surface area contributed by atoms with Gasteiger partial charge in [-0.05, 0) is 17.3 Å². The monoisotopic (exact) mass is 236 g/mol. The largest absolute Gasteiger partial charge is 0.248 e. The molecule has 2 unspecified atom stereocenters. The molecule has 1 aliphatic carbocycles. The fraction of sp³-hybridized carbons (Fsp3) is 1.00. The van der Waals surface area contributed by atoms with Gasteiger partial charge in [0.15, 0.2) is 0 Å². The second-order valence-corrected chi connectivity index (χ2v) is 7.65. The zero-order valence-corrected chi connectivity index (χ0v) is 11.2. The van der Waals surface area contributed by atoms with Crippen LogP contribution in [0.5, 0.6) is 0 Å². The number of rotatable bonds is 1. The van der Waals surface area contributed by atoms with Crippen LogP contribution in [-0.4, -0.2) is 10.7 Å². The van der Waals surface area contributed by atoms with Crippen molar-refractivity contribution in [3.8, 4) is 0 Å². The Bertz CT molecular complexity index is 211. The fourth-order valence-corrected chi connectivity index (χ4v) is 2.93. The summed E-state index contributed by atoms with van der Waals surface area (Å²) in [6.07, 6.45) is 0.0105. The molecule has 2 atom stereocenters. The maximum Gasteiger partial charge on any atom is 0.248 e. The highest BCUT2D eigenvalue weighted by atomic mass is 32.1. The number of thiol groups is 1. The summed E-state index contributed by atoms with van der Waals surface area (Å²) in [7, 11) is 0. The lowest BCUT2D eigenvalue weighted by Crippen LogP contribution is -2.34. The first kappa shape index (κ1) is 13.3. The van der Waals surface area contributed by atoms with Gasteiger partial charge < -0.3 is 0 Å². The summed E-state index contributed by atoms with van der Waals surface area (Å²) in [5, 5.41) is 0. The third-order valence-electron chi connectivity index (χ3n) is 3.54. The summed E-state index contributed by atoms with van der Waals surface area (Å²) in [6, 6.07) is 0. The van der Waals surface area contributed by atoms with E-state index in [1.165, 1.54) is 0 Å². The molecule has 0 amide bonds. The van der Waals surface area contributed by atoms with E-state index in [9.17, 15) is 8.78 Å². The SMILES string of the molecule is CC(C)(C)C1CC(F)(F)CC1C(C)(C)S. The van der Waals surface area contributed by atoms with Crippen LogP contribution in [0.2, 0.25) is 0 Å². The molecule has 0 spiro atoms. The Kier molecular flexibility index (Phi) is 3.19. The molecule has 0 bridgehead atoms. The molecular formula is C12H22F2S. The maximum absolute atomic E-state index is 13.5. The van der Waals surface area contributed by atoms with Gasteiger partial charge in [-0.2, -0.15) is 12.6 Å². The highest BCUT2D eigenvalue weighted by Crippen LogP contribution is 2.55. The first-order valence-electron chi connectivity index (χ1n) is 5.54.